The van der Waals surface area contributed by atoms with Crippen molar-refractivity contribution in [3.63, 3.8) is 0 Å². The summed E-state index contributed by atoms with van der Waals surface area (Å²) in [6.45, 7) is 0.467. The van der Waals surface area contributed by atoms with Gasteiger partial charge in [-0.1, -0.05) is 30.3 Å². The molecule has 2 aromatic heterocycles. The highest BCUT2D eigenvalue weighted by Crippen LogP contribution is 2.23. The van der Waals surface area contributed by atoms with Gasteiger partial charge < -0.3 is 9.47 Å². The molecule has 0 fully saturated rings. The number of benzene rings is 2. The molecule has 25 heavy (non-hydrogen) atoms. The monoisotopic (exact) mass is 328 g/mol. The third-order valence-corrected chi connectivity index (χ3v) is 3.79. The van der Waals surface area contributed by atoms with Gasteiger partial charge in [-0.05, 0) is 36.4 Å². The van der Waals surface area contributed by atoms with E-state index in [0.717, 1.165) is 28.0 Å². The molecule has 0 radical (unpaired) electrons. The zero-order valence-electron chi connectivity index (χ0n) is 13.5. The lowest BCUT2D eigenvalue weighted by Gasteiger charge is -2.09. The largest absolute Gasteiger partial charge is 0.489 e. The van der Waals surface area contributed by atoms with Crippen LogP contribution in [0.4, 0.5) is 0 Å². The number of ether oxygens (including phenoxy) is 2. The lowest BCUT2D eigenvalue weighted by atomic mass is 10.1. The number of hydrogen-bond acceptors (Lipinski definition) is 4. The van der Waals surface area contributed by atoms with E-state index in [-0.39, 0.29) is 0 Å². The number of pyridine rings is 2. The molecule has 0 saturated heterocycles. The fraction of sp³-hybridized carbons (Fsp3) is 0.0476. The van der Waals surface area contributed by atoms with Crippen LogP contribution in [0, 0.1) is 0 Å². The van der Waals surface area contributed by atoms with Crippen LogP contribution >= 0.6 is 0 Å². The molecule has 0 bridgehead atoms. The number of nitrogens with zero attached hydrogens (tertiary/aromatic N) is 2. The Balaban J connectivity index is 1.44. The van der Waals surface area contributed by atoms with Crippen molar-refractivity contribution in [3.05, 3.63) is 90.8 Å². The van der Waals surface area contributed by atoms with E-state index in [4.69, 9.17) is 9.47 Å². The number of para-hydroxylation sites is 1. The maximum atomic E-state index is 5.89. The average Bonchev–Trinajstić information content (AvgIpc) is 2.68. The molecule has 0 unspecified atom stereocenters. The lowest BCUT2D eigenvalue weighted by molar-refractivity contribution is 0.307. The third-order valence-electron chi connectivity index (χ3n) is 3.79. The summed E-state index contributed by atoms with van der Waals surface area (Å²) in [5.41, 5.74) is 2.03. The second kappa shape index (κ2) is 7.01. The van der Waals surface area contributed by atoms with E-state index in [1.807, 2.05) is 60.7 Å². The topological polar surface area (TPSA) is 44.2 Å². The Morgan fingerprint density at radius 3 is 2.32 bits per heavy atom. The molecule has 4 rings (SSSR count). The Kier molecular flexibility index (Phi) is 4.25. The van der Waals surface area contributed by atoms with Crippen LogP contribution in [-0.2, 0) is 6.61 Å². The van der Waals surface area contributed by atoms with Crippen LogP contribution in [0.25, 0.3) is 10.9 Å². The van der Waals surface area contributed by atoms with Crippen molar-refractivity contribution in [2.24, 2.45) is 0 Å². The summed E-state index contributed by atoms with van der Waals surface area (Å²) in [5, 5.41) is 1.11. The van der Waals surface area contributed by atoms with Gasteiger partial charge in [0.15, 0.2) is 0 Å². The highest BCUT2D eigenvalue weighted by atomic mass is 16.5. The molecule has 4 nitrogen and oxygen atoms in total. The first-order valence-electron chi connectivity index (χ1n) is 8.03. The molecule has 0 aliphatic carbocycles. The fourth-order valence-electron chi connectivity index (χ4n) is 2.58. The Bertz CT molecular complexity index is 964. The molecular formula is C21H16N2O2. The van der Waals surface area contributed by atoms with Gasteiger partial charge in [0.05, 0.1) is 5.52 Å². The molecule has 0 spiro atoms. The van der Waals surface area contributed by atoms with Gasteiger partial charge in [0.2, 0.25) is 5.88 Å². The Morgan fingerprint density at radius 1 is 0.680 bits per heavy atom. The summed E-state index contributed by atoms with van der Waals surface area (Å²) < 4.78 is 11.6. The molecule has 0 saturated carbocycles. The van der Waals surface area contributed by atoms with E-state index in [9.17, 15) is 0 Å². The summed E-state index contributed by atoms with van der Waals surface area (Å²) in [4.78, 5) is 8.59. The highest BCUT2D eigenvalue weighted by Gasteiger charge is 2.04. The first kappa shape index (κ1) is 15.1. The normalized spacial score (nSPS) is 10.6. The molecule has 122 valence electrons. The summed E-state index contributed by atoms with van der Waals surface area (Å²) in [6, 6.07) is 23.2. The predicted molar refractivity (Wildman–Crippen MR) is 96.8 cm³/mol. The molecular weight excluding hydrogens is 312 g/mol. The van der Waals surface area contributed by atoms with Crippen LogP contribution < -0.4 is 9.47 Å². The van der Waals surface area contributed by atoms with Crippen molar-refractivity contribution in [1.82, 2.24) is 9.97 Å². The maximum Gasteiger partial charge on any atom is 0.219 e. The Labute approximate surface area is 145 Å². The van der Waals surface area contributed by atoms with Crippen molar-refractivity contribution >= 4 is 10.9 Å². The molecule has 2 aromatic carbocycles. The first-order chi connectivity index (χ1) is 12.4. The SMILES string of the molecule is c1ccc(Oc2ccc(OCc3cccc4cccnc34)cc2)nc1. The van der Waals surface area contributed by atoms with Gasteiger partial charge >= 0.3 is 0 Å². The smallest absolute Gasteiger partial charge is 0.219 e. The van der Waals surface area contributed by atoms with E-state index >= 15 is 0 Å². The molecule has 0 atom stereocenters. The second-order valence-electron chi connectivity index (χ2n) is 5.52. The van der Waals surface area contributed by atoms with E-state index in [0.29, 0.717) is 12.5 Å². The number of rotatable bonds is 5. The molecule has 0 amide bonds. The number of fused-ring (bicyclic) bond motifs is 1. The van der Waals surface area contributed by atoms with Crippen LogP contribution in [0.2, 0.25) is 0 Å². The van der Waals surface area contributed by atoms with Crippen molar-refractivity contribution in [1.29, 1.82) is 0 Å². The van der Waals surface area contributed by atoms with Crippen molar-refractivity contribution in [2.75, 3.05) is 0 Å². The number of aromatic nitrogens is 2. The van der Waals surface area contributed by atoms with Gasteiger partial charge in [-0.15, -0.1) is 0 Å². The van der Waals surface area contributed by atoms with Gasteiger partial charge in [-0.3, -0.25) is 4.98 Å². The van der Waals surface area contributed by atoms with E-state index in [1.165, 1.54) is 0 Å². The summed E-state index contributed by atoms with van der Waals surface area (Å²) in [5.74, 6) is 2.07. The molecule has 4 aromatic rings. The standard InChI is InChI=1S/C21H16N2O2/c1-2-13-22-20(8-1)25-19-11-9-18(10-12-19)24-15-17-6-3-5-16-7-4-14-23-21(16)17/h1-14H,15H2. The number of hydrogen-bond donors (Lipinski definition) is 0. The van der Waals surface area contributed by atoms with Crippen LogP contribution in [0.3, 0.4) is 0 Å². The van der Waals surface area contributed by atoms with Gasteiger partial charge in [-0.2, -0.15) is 0 Å². The molecule has 2 heterocycles. The third kappa shape index (κ3) is 3.58. The van der Waals surface area contributed by atoms with Crippen molar-refractivity contribution < 1.29 is 9.47 Å². The summed E-state index contributed by atoms with van der Waals surface area (Å²) in [6.07, 6.45) is 3.50. The quantitative estimate of drug-likeness (QED) is 0.517. The highest BCUT2D eigenvalue weighted by molar-refractivity contribution is 5.81. The van der Waals surface area contributed by atoms with Crippen LogP contribution in [-0.4, -0.2) is 9.97 Å². The molecule has 0 aliphatic rings. The molecule has 0 aliphatic heterocycles. The van der Waals surface area contributed by atoms with Crippen LogP contribution in [0.5, 0.6) is 17.4 Å². The summed E-state index contributed by atoms with van der Waals surface area (Å²) in [7, 11) is 0. The molecule has 0 N–H and O–H groups in total. The molecule has 4 heteroatoms. The van der Waals surface area contributed by atoms with Gasteiger partial charge in [-0.25, -0.2) is 4.98 Å². The van der Waals surface area contributed by atoms with Gasteiger partial charge in [0.25, 0.3) is 0 Å². The average molecular weight is 328 g/mol. The Hall–Kier alpha value is -3.40. The maximum absolute atomic E-state index is 5.89. The van der Waals surface area contributed by atoms with Crippen molar-refractivity contribution in [3.8, 4) is 17.4 Å². The Morgan fingerprint density at radius 2 is 1.48 bits per heavy atom. The van der Waals surface area contributed by atoms with Gasteiger partial charge in [0.1, 0.15) is 18.1 Å². The van der Waals surface area contributed by atoms with Crippen LogP contribution in [0.15, 0.2) is 85.2 Å². The second-order valence-corrected chi connectivity index (χ2v) is 5.52. The minimum Gasteiger partial charge on any atom is -0.489 e. The summed E-state index contributed by atoms with van der Waals surface area (Å²) >= 11 is 0. The predicted octanol–water partition coefficient (Wildman–Crippen LogP) is 5.00. The van der Waals surface area contributed by atoms with Crippen molar-refractivity contribution in [2.45, 2.75) is 6.61 Å². The van der Waals surface area contributed by atoms with E-state index < -0.39 is 0 Å². The lowest BCUT2D eigenvalue weighted by Crippen LogP contribution is -1.97. The zero-order chi connectivity index (χ0) is 16.9. The minimum absolute atomic E-state index is 0.467. The first-order valence-corrected chi connectivity index (χ1v) is 8.03. The van der Waals surface area contributed by atoms with E-state index in [2.05, 4.69) is 22.1 Å². The van der Waals surface area contributed by atoms with Crippen LogP contribution in [0.1, 0.15) is 5.56 Å². The minimum atomic E-state index is 0.467. The van der Waals surface area contributed by atoms with E-state index in [1.54, 1.807) is 12.4 Å². The zero-order valence-corrected chi connectivity index (χ0v) is 13.5. The van der Waals surface area contributed by atoms with Gasteiger partial charge in [0, 0.05) is 29.4 Å². The fourth-order valence-corrected chi connectivity index (χ4v) is 2.58.